The first-order chi connectivity index (χ1) is 10.4. The van der Waals surface area contributed by atoms with Gasteiger partial charge in [-0.2, -0.15) is 0 Å². The van der Waals surface area contributed by atoms with E-state index < -0.39 is 5.60 Å². The Bertz CT molecular complexity index is 516. The van der Waals surface area contributed by atoms with Crippen molar-refractivity contribution in [2.75, 3.05) is 12.3 Å². The molecule has 0 spiro atoms. The normalized spacial score (nSPS) is 19.1. The number of rotatable bonds is 3. The van der Waals surface area contributed by atoms with Gasteiger partial charge in [-0.05, 0) is 47.0 Å². The van der Waals surface area contributed by atoms with Crippen LogP contribution in [0.1, 0.15) is 45.7 Å². The van der Waals surface area contributed by atoms with Gasteiger partial charge in [0.1, 0.15) is 10.6 Å². The van der Waals surface area contributed by atoms with Gasteiger partial charge in [-0.15, -0.1) is 11.8 Å². The van der Waals surface area contributed by atoms with Crippen LogP contribution in [0.25, 0.3) is 0 Å². The molecule has 0 aromatic carbocycles. The van der Waals surface area contributed by atoms with Crippen LogP contribution in [-0.2, 0) is 4.74 Å². The molecule has 6 heteroatoms. The van der Waals surface area contributed by atoms with Crippen LogP contribution in [0.3, 0.4) is 0 Å². The molecule has 1 aromatic heterocycles. The van der Waals surface area contributed by atoms with Crippen LogP contribution in [0.15, 0.2) is 17.4 Å². The lowest BCUT2D eigenvalue weighted by Crippen LogP contribution is -2.47. The third kappa shape index (κ3) is 4.87. The number of thioether (sulfide) groups is 1. The minimum absolute atomic E-state index is 0.200. The molecule has 22 heavy (non-hydrogen) atoms. The summed E-state index contributed by atoms with van der Waals surface area (Å²) in [5.74, 6) is 0.832. The number of carbonyl (C=O) groups excluding carboxylic acids is 1. The molecule has 1 atom stereocenters. The number of ether oxygens (including phenoxy) is 1. The number of aromatic nitrogens is 2. The van der Waals surface area contributed by atoms with Crippen LogP contribution in [-0.4, -0.2) is 44.9 Å². The lowest BCUT2D eigenvalue weighted by Gasteiger charge is -2.36. The molecule has 1 saturated heterocycles. The molecule has 1 amide bonds. The number of amides is 1. The molecule has 1 aliphatic rings. The smallest absolute Gasteiger partial charge is 0.410 e. The monoisotopic (exact) mass is 323 g/mol. The number of hydrogen-bond acceptors (Lipinski definition) is 5. The first-order valence-electron chi connectivity index (χ1n) is 7.77. The second kappa shape index (κ2) is 7.31. The predicted octanol–water partition coefficient (Wildman–Crippen LogP) is 3.67. The molecule has 5 nitrogen and oxygen atoms in total. The van der Waals surface area contributed by atoms with Gasteiger partial charge in [-0.3, -0.25) is 4.98 Å². The Hall–Kier alpha value is -1.30. The van der Waals surface area contributed by atoms with Gasteiger partial charge < -0.3 is 9.64 Å². The van der Waals surface area contributed by atoms with Gasteiger partial charge in [-0.1, -0.05) is 0 Å². The van der Waals surface area contributed by atoms with Gasteiger partial charge in [0, 0.05) is 30.7 Å². The van der Waals surface area contributed by atoms with E-state index in [1.165, 1.54) is 0 Å². The fraction of sp³-hybridized carbons (Fsp3) is 0.688. The first kappa shape index (κ1) is 17.1. The summed E-state index contributed by atoms with van der Waals surface area (Å²) in [4.78, 5) is 22.9. The quantitative estimate of drug-likeness (QED) is 0.794. The number of likely N-dealkylation sites (tertiary alicyclic amines) is 1. The van der Waals surface area contributed by atoms with E-state index in [1.807, 2.05) is 32.6 Å². The fourth-order valence-corrected chi connectivity index (χ4v) is 3.54. The van der Waals surface area contributed by atoms with Crippen molar-refractivity contribution in [3.8, 4) is 0 Å². The first-order valence-corrected chi connectivity index (χ1v) is 8.75. The summed E-state index contributed by atoms with van der Waals surface area (Å²) in [5.41, 5.74) is 0.486. The number of hydrogen-bond donors (Lipinski definition) is 0. The molecular weight excluding hydrogens is 298 g/mol. The van der Waals surface area contributed by atoms with E-state index in [2.05, 4.69) is 9.97 Å². The van der Waals surface area contributed by atoms with Crippen molar-refractivity contribution < 1.29 is 9.53 Å². The van der Waals surface area contributed by atoms with Crippen LogP contribution in [0.2, 0.25) is 0 Å². The van der Waals surface area contributed by atoms with E-state index in [-0.39, 0.29) is 12.1 Å². The van der Waals surface area contributed by atoms with E-state index >= 15 is 0 Å². The van der Waals surface area contributed by atoms with Crippen molar-refractivity contribution in [1.29, 1.82) is 0 Å². The maximum Gasteiger partial charge on any atom is 0.410 e. The fourth-order valence-electron chi connectivity index (χ4n) is 2.45. The maximum absolute atomic E-state index is 12.4. The second-order valence-electron chi connectivity index (χ2n) is 6.58. The molecule has 1 aliphatic heterocycles. The molecule has 0 unspecified atom stereocenters. The van der Waals surface area contributed by atoms with Crippen molar-refractivity contribution in [1.82, 2.24) is 14.9 Å². The minimum Gasteiger partial charge on any atom is -0.444 e. The van der Waals surface area contributed by atoms with Crippen molar-refractivity contribution in [3.63, 3.8) is 0 Å². The van der Waals surface area contributed by atoms with Gasteiger partial charge in [0.15, 0.2) is 0 Å². The molecule has 1 fully saturated rings. The minimum atomic E-state index is -0.451. The second-order valence-corrected chi connectivity index (χ2v) is 7.59. The summed E-state index contributed by atoms with van der Waals surface area (Å²) >= 11 is 1.67. The lowest BCUT2D eigenvalue weighted by atomic mass is 10.0. The number of carbonyl (C=O) groups is 1. The Morgan fingerprint density at radius 3 is 2.77 bits per heavy atom. The molecule has 2 rings (SSSR count). The molecule has 1 aromatic rings. The summed E-state index contributed by atoms with van der Waals surface area (Å²) in [6, 6.07) is 0.204. The van der Waals surface area contributed by atoms with Gasteiger partial charge in [0.05, 0.1) is 5.69 Å². The molecule has 0 saturated carbocycles. The molecule has 0 bridgehead atoms. The van der Waals surface area contributed by atoms with Crippen molar-refractivity contribution in [3.05, 3.63) is 18.1 Å². The Balaban J connectivity index is 1.98. The number of nitrogens with zero attached hydrogens (tertiary/aromatic N) is 3. The number of piperidine rings is 1. The standard InChI is InChI=1S/C16H25N3O2S/c1-12-14(18-9-8-17-12)22-11-13-7-5-6-10-19(13)15(20)21-16(2,3)4/h8-9,13H,5-7,10-11H2,1-4H3/t13-/m0/s1. The predicted molar refractivity (Wildman–Crippen MR) is 88.1 cm³/mol. The summed E-state index contributed by atoms with van der Waals surface area (Å²) < 4.78 is 5.53. The number of aryl methyl sites for hydroxylation is 1. The summed E-state index contributed by atoms with van der Waals surface area (Å²) in [6.45, 7) is 8.45. The summed E-state index contributed by atoms with van der Waals surface area (Å²) in [5, 5.41) is 0.942. The summed E-state index contributed by atoms with van der Waals surface area (Å²) in [6.07, 6.45) is 6.43. The zero-order valence-electron chi connectivity index (χ0n) is 13.8. The van der Waals surface area contributed by atoms with E-state index in [1.54, 1.807) is 24.2 Å². The molecular formula is C16H25N3O2S. The molecule has 0 N–H and O–H groups in total. The highest BCUT2D eigenvalue weighted by atomic mass is 32.2. The van der Waals surface area contributed by atoms with Crippen LogP contribution in [0.5, 0.6) is 0 Å². The highest BCUT2D eigenvalue weighted by Gasteiger charge is 2.30. The van der Waals surface area contributed by atoms with Crippen molar-refractivity contribution >= 4 is 17.9 Å². The van der Waals surface area contributed by atoms with Gasteiger partial charge >= 0.3 is 6.09 Å². The van der Waals surface area contributed by atoms with E-state index in [9.17, 15) is 4.79 Å². The lowest BCUT2D eigenvalue weighted by molar-refractivity contribution is 0.0126. The Labute approximate surface area is 136 Å². The molecule has 0 radical (unpaired) electrons. The Kier molecular flexibility index (Phi) is 5.67. The molecule has 0 aliphatic carbocycles. The zero-order valence-corrected chi connectivity index (χ0v) is 14.7. The third-order valence-electron chi connectivity index (χ3n) is 3.50. The average Bonchev–Trinajstić information content (AvgIpc) is 2.45. The van der Waals surface area contributed by atoms with Gasteiger partial charge in [0.2, 0.25) is 0 Å². The average molecular weight is 323 g/mol. The maximum atomic E-state index is 12.4. The van der Waals surface area contributed by atoms with E-state index in [4.69, 9.17) is 4.74 Å². The third-order valence-corrected chi connectivity index (χ3v) is 4.73. The SMILES string of the molecule is Cc1nccnc1SC[C@@H]1CCCCN1C(=O)OC(C)(C)C. The summed E-state index contributed by atoms with van der Waals surface area (Å²) in [7, 11) is 0. The molecule has 122 valence electrons. The largest absolute Gasteiger partial charge is 0.444 e. The van der Waals surface area contributed by atoms with Crippen molar-refractivity contribution in [2.45, 2.75) is 63.6 Å². The highest BCUT2D eigenvalue weighted by molar-refractivity contribution is 7.99. The van der Waals surface area contributed by atoms with E-state index in [0.29, 0.717) is 0 Å². The van der Waals surface area contributed by atoms with Crippen LogP contribution < -0.4 is 0 Å². The Morgan fingerprint density at radius 2 is 2.09 bits per heavy atom. The van der Waals surface area contributed by atoms with Crippen LogP contribution in [0, 0.1) is 6.92 Å². The van der Waals surface area contributed by atoms with E-state index in [0.717, 1.165) is 42.3 Å². The topological polar surface area (TPSA) is 55.3 Å². The van der Waals surface area contributed by atoms with Gasteiger partial charge in [0.25, 0.3) is 0 Å². The zero-order chi connectivity index (χ0) is 16.2. The Morgan fingerprint density at radius 1 is 1.36 bits per heavy atom. The molecule has 2 heterocycles. The van der Waals surface area contributed by atoms with Crippen LogP contribution in [0.4, 0.5) is 4.79 Å². The van der Waals surface area contributed by atoms with Crippen molar-refractivity contribution in [2.24, 2.45) is 0 Å². The highest BCUT2D eigenvalue weighted by Crippen LogP contribution is 2.26. The van der Waals surface area contributed by atoms with Crippen LogP contribution >= 0.6 is 11.8 Å². The van der Waals surface area contributed by atoms with Gasteiger partial charge in [-0.25, -0.2) is 9.78 Å².